The molecule has 0 aliphatic rings. The molecule has 8 nitrogen and oxygen atoms in total. The minimum Gasteiger partial charge on any atom is -0.465 e. The van der Waals surface area contributed by atoms with Crippen molar-refractivity contribution in [1.29, 1.82) is 0 Å². The van der Waals surface area contributed by atoms with Crippen molar-refractivity contribution in [3.63, 3.8) is 0 Å². The number of nitrogens with zero attached hydrogens (tertiary/aromatic N) is 1. The summed E-state index contributed by atoms with van der Waals surface area (Å²) in [7, 11) is 2.41. The third-order valence-electron chi connectivity index (χ3n) is 6.57. The van der Waals surface area contributed by atoms with Gasteiger partial charge in [-0.2, -0.15) is 0 Å². The number of ether oxygens (including phenoxy) is 2. The molecule has 43 heavy (non-hydrogen) atoms. The summed E-state index contributed by atoms with van der Waals surface area (Å²) in [5.74, 6) is -2.43. The summed E-state index contributed by atoms with van der Waals surface area (Å²) < 4.78 is 9.48. The lowest BCUT2D eigenvalue weighted by molar-refractivity contribution is -0.143. The number of esters is 2. The third kappa shape index (κ3) is 9.51. The van der Waals surface area contributed by atoms with Gasteiger partial charge in [0.2, 0.25) is 5.78 Å². The van der Waals surface area contributed by atoms with E-state index in [0.717, 1.165) is 35.5 Å². The zero-order valence-corrected chi connectivity index (χ0v) is 25.6. The monoisotopic (exact) mass is 601 g/mol. The lowest BCUT2D eigenvalue weighted by Gasteiger charge is -2.10. The highest BCUT2D eigenvalue weighted by molar-refractivity contribution is 7.99. The Bertz CT molecular complexity index is 1460. The Morgan fingerprint density at radius 3 is 1.79 bits per heavy atom. The number of carbonyl (C=O) groups is 4. The lowest BCUT2D eigenvalue weighted by atomic mass is 10.0. The van der Waals surface area contributed by atoms with Crippen molar-refractivity contribution in [1.82, 2.24) is 0 Å². The first-order valence-corrected chi connectivity index (χ1v) is 14.7. The van der Waals surface area contributed by atoms with Gasteiger partial charge in [0.25, 0.3) is 0 Å². The Morgan fingerprint density at radius 1 is 0.698 bits per heavy atom. The van der Waals surface area contributed by atoms with Crippen LogP contribution in [-0.4, -0.2) is 43.6 Å². The number of unbranched alkanes of at least 4 members (excludes halogenated alkanes) is 3. The quantitative estimate of drug-likeness (QED) is 0.0218. The summed E-state index contributed by atoms with van der Waals surface area (Å²) in [4.78, 5) is 56.9. The summed E-state index contributed by atoms with van der Waals surface area (Å²) in [5, 5.41) is 3.98. The van der Waals surface area contributed by atoms with E-state index in [1.807, 2.05) is 24.3 Å². The average Bonchev–Trinajstić information content (AvgIpc) is 3.04. The van der Waals surface area contributed by atoms with Gasteiger partial charge in [-0.05, 0) is 79.4 Å². The number of methoxy groups -OCH3 is 2. The Kier molecular flexibility index (Phi) is 12.9. The molecule has 0 saturated carbocycles. The van der Waals surface area contributed by atoms with E-state index in [0.29, 0.717) is 28.7 Å². The smallest absolute Gasteiger partial charge is 0.365 e. The summed E-state index contributed by atoms with van der Waals surface area (Å²) in [6.07, 6.45) is 4.23. The van der Waals surface area contributed by atoms with Gasteiger partial charge in [0.15, 0.2) is 0 Å². The largest absolute Gasteiger partial charge is 0.465 e. The molecule has 0 aliphatic heterocycles. The molecule has 0 bridgehead atoms. The SMILES string of the molecule is CCCCCCC(=NOC(=O)c1ccccc1)C(=O)c1ccc(Sc2ccc(C(C)=C(C(=O)OC)C(=O)OC)cc2)cc1. The third-order valence-corrected chi connectivity index (χ3v) is 7.59. The van der Waals surface area contributed by atoms with Gasteiger partial charge in [-0.3, -0.25) is 4.79 Å². The van der Waals surface area contributed by atoms with Crippen LogP contribution >= 0.6 is 11.8 Å². The van der Waals surface area contributed by atoms with E-state index in [-0.39, 0.29) is 17.1 Å². The van der Waals surface area contributed by atoms with Gasteiger partial charge in [0, 0.05) is 15.4 Å². The second kappa shape index (κ2) is 16.8. The van der Waals surface area contributed by atoms with Gasteiger partial charge in [-0.25, -0.2) is 14.4 Å². The maximum atomic E-state index is 13.3. The highest BCUT2D eigenvalue weighted by Crippen LogP contribution is 2.30. The molecular formula is C34H35NO7S. The van der Waals surface area contributed by atoms with Crippen LogP contribution in [0.2, 0.25) is 0 Å². The first kappa shape index (κ1) is 33.0. The maximum absolute atomic E-state index is 13.3. The van der Waals surface area contributed by atoms with Crippen molar-refractivity contribution < 1.29 is 33.5 Å². The first-order chi connectivity index (χ1) is 20.8. The van der Waals surface area contributed by atoms with Crippen molar-refractivity contribution in [3.05, 3.63) is 101 Å². The minimum absolute atomic E-state index is 0.159. The van der Waals surface area contributed by atoms with Crippen LogP contribution in [0.4, 0.5) is 0 Å². The van der Waals surface area contributed by atoms with E-state index < -0.39 is 17.9 Å². The molecule has 0 atom stereocenters. The number of Topliss-reactive ketones (excluding diaryl/α,β-unsaturated/α-hetero) is 1. The number of rotatable bonds is 14. The van der Waals surface area contributed by atoms with E-state index in [9.17, 15) is 19.2 Å². The molecule has 0 saturated heterocycles. The zero-order valence-electron chi connectivity index (χ0n) is 24.8. The molecule has 0 fully saturated rings. The summed E-state index contributed by atoms with van der Waals surface area (Å²) in [6.45, 7) is 3.77. The van der Waals surface area contributed by atoms with Gasteiger partial charge in [0.1, 0.15) is 11.3 Å². The standard InChI is InChI=1S/C34H35NO7S/c1-5-6-7-11-14-29(35-42-32(37)26-12-9-8-10-13-26)31(36)25-17-21-28(22-18-25)43-27-19-15-24(16-20-27)23(2)30(33(38)40-3)34(39)41-4/h8-10,12-13,15-22H,5-7,11,14H2,1-4H3. The molecule has 0 aliphatic carbocycles. The van der Waals surface area contributed by atoms with Crippen LogP contribution in [0, 0.1) is 0 Å². The number of oxime groups is 1. The number of hydrogen-bond acceptors (Lipinski definition) is 9. The van der Waals surface area contributed by atoms with Gasteiger partial charge >= 0.3 is 17.9 Å². The molecule has 0 spiro atoms. The maximum Gasteiger partial charge on any atom is 0.365 e. The number of hydrogen-bond donors (Lipinski definition) is 0. The molecule has 0 aromatic heterocycles. The van der Waals surface area contributed by atoms with E-state index in [1.54, 1.807) is 61.5 Å². The van der Waals surface area contributed by atoms with E-state index in [4.69, 9.17) is 14.3 Å². The average molecular weight is 602 g/mol. The molecule has 0 amide bonds. The fraction of sp³-hybridized carbons (Fsp3) is 0.265. The number of allylic oxidation sites excluding steroid dienone is 1. The van der Waals surface area contributed by atoms with Crippen molar-refractivity contribution in [2.45, 2.75) is 55.7 Å². The zero-order chi connectivity index (χ0) is 31.2. The molecule has 3 aromatic carbocycles. The van der Waals surface area contributed by atoms with E-state index in [1.165, 1.54) is 26.0 Å². The van der Waals surface area contributed by atoms with Crippen molar-refractivity contribution >= 4 is 46.7 Å². The molecular weight excluding hydrogens is 566 g/mol. The molecule has 9 heteroatoms. The molecule has 0 heterocycles. The number of carbonyl (C=O) groups excluding carboxylic acids is 4. The van der Waals surface area contributed by atoms with Gasteiger partial charge in [-0.1, -0.05) is 73.4 Å². The molecule has 3 rings (SSSR count). The number of benzene rings is 3. The van der Waals surface area contributed by atoms with Crippen molar-refractivity contribution in [2.24, 2.45) is 5.16 Å². The van der Waals surface area contributed by atoms with Crippen LogP contribution in [0.5, 0.6) is 0 Å². The van der Waals surface area contributed by atoms with Gasteiger partial charge in [-0.15, -0.1) is 0 Å². The van der Waals surface area contributed by atoms with E-state index in [2.05, 4.69) is 12.1 Å². The lowest BCUT2D eigenvalue weighted by Crippen LogP contribution is -2.17. The summed E-state index contributed by atoms with van der Waals surface area (Å²) in [6, 6.07) is 23.0. The predicted molar refractivity (Wildman–Crippen MR) is 166 cm³/mol. The molecule has 0 unspecified atom stereocenters. The fourth-order valence-electron chi connectivity index (χ4n) is 4.13. The second-order valence-corrected chi connectivity index (χ2v) is 10.7. The Hall–Kier alpha value is -4.50. The topological polar surface area (TPSA) is 108 Å². The van der Waals surface area contributed by atoms with Crippen LogP contribution < -0.4 is 0 Å². The second-order valence-electron chi connectivity index (χ2n) is 9.56. The van der Waals surface area contributed by atoms with Gasteiger partial charge in [0.05, 0.1) is 19.8 Å². The molecule has 224 valence electrons. The Labute approximate surface area is 256 Å². The molecule has 0 radical (unpaired) electrons. The fourth-order valence-corrected chi connectivity index (χ4v) is 4.95. The summed E-state index contributed by atoms with van der Waals surface area (Å²) >= 11 is 1.49. The Balaban J connectivity index is 1.73. The van der Waals surface area contributed by atoms with Crippen LogP contribution in [0.1, 0.15) is 72.2 Å². The van der Waals surface area contributed by atoms with Crippen LogP contribution in [0.3, 0.4) is 0 Å². The first-order valence-electron chi connectivity index (χ1n) is 13.9. The Morgan fingerprint density at radius 2 is 1.26 bits per heavy atom. The van der Waals surface area contributed by atoms with Crippen molar-refractivity contribution in [2.75, 3.05) is 14.2 Å². The normalized spacial score (nSPS) is 10.9. The summed E-state index contributed by atoms with van der Waals surface area (Å²) in [5.41, 5.74) is 1.97. The number of ketones is 1. The van der Waals surface area contributed by atoms with Crippen molar-refractivity contribution in [3.8, 4) is 0 Å². The highest BCUT2D eigenvalue weighted by atomic mass is 32.2. The predicted octanol–water partition coefficient (Wildman–Crippen LogP) is 7.32. The minimum atomic E-state index is -0.763. The van der Waals surface area contributed by atoms with E-state index >= 15 is 0 Å². The van der Waals surface area contributed by atoms with Crippen LogP contribution in [0.15, 0.2) is 99.4 Å². The molecule has 0 N–H and O–H groups in total. The van der Waals surface area contributed by atoms with Gasteiger partial charge < -0.3 is 14.3 Å². The molecule has 3 aromatic rings. The van der Waals surface area contributed by atoms with Crippen LogP contribution in [0.25, 0.3) is 5.57 Å². The highest BCUT2D eigenvalue weighted by Gasteiger charge is 2.23. The van der Waals surface area contributed by atoms with Crippen LogP contribution in [-0.2, 0) is 23.9 Å².